The van der Waals surface area contributed by atoms with Crippen molar-refractivity contribution in [3.63, 3.8) is 0 Å². The Morgan fingerprint density at radius 2 is 1.61 bits per heavy atom. The molecule has 1 aliphatic heterocycles. The van der Waals surface area contributed by atoms with Crippen molar-refractivity contribution in [3.05, 3.63) is 89.6 Å². The zero-order valence-corrected chi connectivity index (χ0v) is 20.2. The van der Waals surface area contributed by atoms with E-state index in [1.54, 1.807) is 19.1 Å². The van der Waals surface area contributed by atoms with E-state index in [4.69, 9.17) is 4.42 Å². The number of halogens is 1. The number of hydrogen-bond acceptors (Lipinski definition) is 6. The summed E-state index contributed by atoms with van der Waals surface area (Å²) in [6.45, 7) is 2.10. The van der Waals surface area contributed by atoms with E-state index in [1.165, 1.54) is 58.5 Å². The van der Waals surface area contributed by atoms with E-state index in [2.05, 4.69) is 5.32 Å². The first-order valence-corrected chi connectivity index (χ1v) is 12.7. The van der Waals surface area contributed by atoms with Gasteiger partial charge in [-0.05, 0) is 49.4 Å². The fourth-order valence-corrected chi connectivity index (χ4v) is 5.30. The topological polar surface area (TPSA) is 117 Å². The van der Waals surface area contributed by atoms with Gasteiger partial charge in [0, 0.05) is 31.7 Å². The van der Waals surface area contributed by atoms with Crippen LogP contribution < -0.4 is 5.32 Å². The number of amides is 3. The standard InChI is InChI=1S/C25H24FN3O6S/c1-17-7-9-20(10-8-17)36(33,34)23(27-22(30)21-6-3-15-35-21)25(32)29-13-11-28(12-14-29)24(31)18-4-2-5-19(26)16-18/h2-10,15-16,23H,11-14H2,1H3,(H,27,30). The Morgan fingerprint density at radius 3 is 2.22 bits per heavy atom. The smallest absolute Gasteiger partial charge is 0.288 e. The summed E-state index contributed by atoms with van der Waals surface area (Å²) in [7, 11) is -4.32. The summed E-state index contributed by atoms with van der Waals surface area (Å²) >= 11 is 0. The third-order valence-corrected chi connectivity index (χ3v) is 7.71. The zero-order valence-electron chi connectivity index (χ0n) is 19.4. The molecule has 1 fully saturated rings. The summed E-state index contributed by atoms with van der Waals surface area (Å²) < 4.78 is 45.4. The lowest BCUT2D eigenvalue weighted by Crippen LogP contribution is -2.57. The molecule has 0 radical (unpaired) electrons. The fourth-order valence-electron chi connectivity index (χ4n) is 3.83. The number of piperazine rings is 1. The van der Waals surface area contributed by atoms with Crippen LogP contribution in [-0.4, -0.2) is 67.5 Å². The minimum Gasteiger partial charge on any atom is -0.459 e. The predicted molar refractivity (Wildman–Crippen MR) is 127 cm³/mol. The highest BCUT2D eigenvalue weighted by atomic mass is 32.2. The maximum atomic E-state index is 13.5. The highest BCUT2D eigenvalue weighted by molar-refractivity contribution is 7.92. The molecule has 0 aliphatic carbocycles. The average molecular weight is 514 g/mol. The van der Waals surface area contributed by atoms with Crippen molar-refractivity contribution in [3.8, 4) is 0 Å². The molecule has 0 saturated carbocycles. The second kappa shape index (κ2) is 10.3. The molecule has 1 aromatic heterocycles. The van der Waals surface area contributed by atoms with E-state index in [1.807, 2.05) is 0 Å². The molecule has 188 valence electrons. The van der Waals surface area contributed by atoms with Crippen LogP contribution in [0, 0.1) is 12.7 Å². The van der Waals surface area contributed by atoms with Gasteiger partial charge in [-0.1, -0.05) is 23.8 Å². The lowest BCUT2D eigenvalue weighted by molar-refractivity contribution is -0.132. The number of furan rings is 1. The van der Waals surface area contributed by atoms with E-state index in [0.717, 1.165) is 11.6 Å². The summed E-state index contributed by atoms with van der Waals surface area (Å²) in [6, 6.07) is 14.1. The summed E-state index contributed by atoms with van der Waals surface area (Å²) in [5.74, 6) is -2.75. The number of carbonyl (C=O) groups excluding carboxylic acids is 3. The van der Waals surface area contributed by atoms with E-state index in [-0.39, 0.29) is 42.4 Å². The first-order chi connectivity index (χ1) is 17.2. The third kappa shape index (κ3) is 5.30. The van der Waals surface area contributed by atoms with Gasteiger partial charge in [0.25, 0.3) is 17.7 Å². The van der Waals surface area contributed by atoms with Crippen LogP contribution in [0.15, 0.2) is 76.2 Å². The first-order valence-electron chi connectivity index (χ1n) is 11.2. The quantitative estimate of drug-likeness (QED) is 0.540. The number of aryl methyl sites for hydroxylation is 1. The molecule has 1 unspecified atom stereocenters. The van der Waals surface area contributed by atoms with Crippen LogP contribution in [0.5, 0.6) is 0 Å². The highest BCUT2D eigenvalue weighted by Gasteiger charge is 2.40. The molecule has 2 heterocycles. The minimum atomic E-state index is -4.32. The molecule has 36 heavy (non-hydrogen) atoms. The van der Waals surface area contributed by atoms with Gasteiger partial charge in [-0.15, -0.1) is 0 Å². The first kappa shape index (κ1) is 25.1. The van der Waals surface area contributed by atoms with Crippen LogP contribution in [0.1, 0.15) is 26.5 Å². The minimum absolute atomic E-state index is 0.0381. The number of sulfone groups is 1. The Hall–Kier alpha value is -3.99. The number of nitrogens with one attached hydrogen (secondary N) is 1. The van der Waals surface area contributed by atoms with Crippen molar-refractivity contribution in [1.29, 1.82) is 0 Å². The van der Waals surface area contributed by atoms with Crippen molar-refractivity contribution in [2.75, 3.05) is 26.2 Å². The van der Waals surface area contributed by atoms with Gasteiger partial charge in [0.2, 0.25) is 15.2 Å². The summed E-state index contributed by atoms with van der Waals surface area (Å²) in [4.78, 5) is 41.4. The second-order valence-corrected chi connectivity index (χ2v) is 10.3. The van der Waals surface area contributed by atoms with Crippen LogP contribution in [0.2, 0.25) is 0 Å². The normalized spacial score (nSPS) is 14.8. The van der Waals surface area contributed by atoms with Crippen LogP contribution in [-0.2, 0) is 14.6 Å². The number of nitrogens with zero attached hydrogens (tertiary/aromatic N) is 2. The molecule has 0 bridgehead atoms. The van der Waals surface area contributed by atoms with Crippen molar-refractivity contribution < 1.29 is 31.6 Å². The average Bonchev–Trinajstić information content (AvgIpc) is 3.42. The molecule has 2 aromatic carbocycles. The molecule has 1 N–H and O–H groups in total. The molecule has 11 heteroatoms. The van der Waals surface area contributed by atoms with E-state index < -0.39 is 38.7 Å². The monoisotopic (exact) mass is 513 g/mol. The molecule has 3 aromatic rings. The van der Waals surface area contributed by atoms with Gasteiger partial charge >= 0.3 is 0 Å². The molecule has 4 rings (SSSR count). The number of hydrogen-bond donors (Lipinski definition) is 1. The van der Waals surface area contributed by atoms with Gasteiger partial charge in [-0.3, -0.25) is 14.4 Å². The van der Waals surface area contributed by atoms with Gasteiger partial charge < -0.3 is 19.5 Å². The van der Waals surface area contributed by atoms with E-state index in [0.29, 0.717) is 0 Å². The highest BCUT2D eigenvalue weighted by Crippen LogP contribution is 2.19. The van der Waals surface area contributed by atoms with Crippen molar-refractivity contribution in [2.24, 2.45) is 0 Å². The van der Waals surface area contributed by atoms with Crippen molar-refractivity contribution >= 4 is 27.6 Å². The van der Waals surface area contributed by atoms with Crippen LogP contribution in [0.25, 0.3) is 0 Å². The van der Waals surface area contributed by atoms with E-state index >= 15 is 0 Å². The lowest BCUT2D eigenvalue weighted by Gasteiger charge is -2.36. The molecular formula is C25H24FN3O6S. The van der Waals surface area contributed by atoms with Crippen LogP contribution in [0.3, 0.4) is 0 Å². The molecule has 3 amide bonds. The summed E-state index contributed by atoms with van der Waals surface area (Å²) in [6.07, 6.45) is 1.26. The molecular weight excluding hydrogens is 489 g/mol. The number of carbonyl (C=O) groups is 3. The summed E-state index contributed by atoms with van der Waals surface area (Å²) in [5.41, 5.74) is 1.01. The summed E-state index contributed by atoms with van der Waals surface area (Å²) in [5, 5.41) is 0.402. The molecule has 0 spiro atoms. The van der Waals surface area contributed by atoms with Crippen molar-refractivity contribution in [2.45, 2.75) is 17.2 Å². The van der Waals surface area contributed by atoms with Gasteiger partial charge in [-0.2, -0.15) is 0 Å². The Balaban J connectivity index is 1.53. The number of benzene rings is 2. The largest absolute Gasteiger partial charge is 0.459 e. The van der Waals surface area contributed by atoms with Gasteiger partial charge in [0.15, 0.2) is 5.76 Å². The molecule has 9 nitrogen and oxygen atoms in total. The van der Waals surface area contributed by atoms with Gasteiger partial charge in [-0.25, -0.2) is 12.8 Å². The van der Waals surface area contributed by atoms with Gasteiger partial charge in [0.05, 0.1) is 11.2 Å². The van der Waals surface area contributed by atoms with Crippen LogP contribution in [0.4, 0.5) is 4.39 Å². The predicted octanol–water partition coefficient (Wildman–Crippen LogP) is 2.24. The Bertz CT molecular complexity index is 1370. The molecule has 1 saturated heterocycles. The zero-order chi connectivity index (χ0) is 25.9. The van der Waals surface area contributed by atoms with Crippen molar-refractivity contribution in [1.82, 2.24) is 15.1 Å². The number of rotatable bonds is 6. The Labute approximate surface area is 207 Å². The van der Waals surface area contributed by atoms with Crippen LogP contribution >= 0.6 is 0 Å². The maximum absolute atomic E-state index is 13.5. The van der Waals surface area contributed by atoms with Gasteiger partial charge in [0.1, 0.15) is 5.82 Å². The second-order valence-electron chi connectivity index (χ2n) is 8.32. The Kier molecular flexibility index (Phi) is 7.20. The SMILES string of the molecule is Cc1ccc(S(=O)(=O)C(NC(=O)c2ccco2)C(=O)N2CCN(C(=O)c3cccc(F)c3)CC2)cc1. The lowest BCUT2D eigenvalue weighted by atomic mass is 10.1. The third-order valence-electron chi connectivity index (χ3n) is 5.84. The maximum Gasteiger partial charge on any atom is 0.288 e. The van der Waals surface area contributed by atoms with E-state index in [9.17, 15) is 27.2 Å². The molecule has 1 aliphatic rings. The Morgan fingerprint density at radius 1 is 0.944 bits per heavy atom. The fraction of sp³-hybridized carbons (Fsp3) is 0.240. The molecule has 1 atom stereocenters.